The lowest BCUT2D eigenvalue weighted by Gasteiger charge is -2.28. The highest BCUT2D eigenvalue weighted by atomic mass is 19.4. The maximum atomic E-state index is 14.2. The largest absolute Gasteiger partial charge is 0.573 e. The van der Waals surface area contributed by atoms with Gasteiger partial charge in [0.25, 0.3) is 0 Å². The van der Waals surface area contributed by atoms with E-state index in [-0.39, 0.29) is 12.2 Å². The van der Waals surface area contributed by atoms with Crippen LogP contribution in [0.25, 0.3) is 0 Å². The fourth-order valence-electron chi connectivity index (χ4n) is 4.46. The molecule has 0 amide bonds. The van der Waals surface area contributed by atoms with Crippen LogP contribution in [0, 0.1) is 5.92 Å². The van der Waals surface area contributed by atoms with E-state index in [1.165, 1.54) is 37.0 Å². The molecule has 0 N–H and O–H groups in total. The van der Waals surface area contributed by atoms with Crippen molar-refractivity contribution >= 4 is 0 Å². The highest BCUT2D eigenvalue weighted by Crippen LogP contribution is 2.37. The summed E-state index contributed by atoms with van der Waals surface area (Å²) in [6.07, 6.45) is 2.45. The van der Waals surface area contributed by atoms with Crippen molar-refractivity contribution in [2.24, 2.45) is 5.92 Å². The van der Waals surface area contributed by atoms with Gasteiger partial charge in [0.1, 0.15) is 5.75 Å². The molecule has 1 fully saturated rings. The number of alkyl halides is 5. The average molecular weight is 483 g/mol. The van der Waals surface area contributed by atoms with Crippen LogP contribution in [0.4, 0.5) is 22.0 Å². The molecule has 0 heterocycles. The van der Waals surface area contributed by atoms with Gasteiger partial charge in [0.15, 0.2) is 0 Å². The van der Waals surface area contributed by atoms with Gasteiger partial charge in [-0.15, -0.1) is 13.2 Å². The van der Waals surface area contributed by atoms with E-state index >= 15 is 0 Å². The number of rotatable bonds is 10. The van der Waals surface area contributed by atoms with Gasteiger partial charge >= 0.3 is 12.5 Å². The van der Waals surface area contributed by atoms with Crippen molar-refractivity contribution < 1.29 is 31.4 Å². The zero-order chi connectivity index (χ0) is 24.6. The second-order valence-corrected chi connectivity index (χ2v) is 8.90. The topological polar surface area (TPSA) is 18.5 Å². The number of hydrogen-bond acceptors (Lipinski definition) is 2. The quantitative estimate of drug-likeness (QED) is 0.249. The molecule has 2 aromatic carbocycles. The molecule has 1 aliphatic carbocycles. The van der Waals surface area contributed by atoms with Gasteiger partial charge in [0.2, 0.25) is 0 Å². The Balaban J connectivity index is 1.45. The summed E-state index contributed by atoms with van der Waals surface area (Å²) in [5.41, 5.74) is 2.04. The standard InChI is InChI=1S/C27H31F5O2/c1-2-3-4-5-20-6-12-23(13-7-20)24-14-8-22(9-15-24)19-33-26(28,29)18-21-10-16-25(17-11-21)34-27(30,31)32/h2-3,8-11,14-17,20,23H,4-7,12-13,18-19H2,1H3/b3-2+. The molecule has 1 aliphatic rings. The normalized spacial score (nSPS) is 19.5. The third-order valence-electron chi connectivity index (χ3n) is 6.29. The molecular weight excluding hydrogens is 451 g/mol. The minimum Gasteiger partial charge on any atom is -0.406 e. The summed E-state index contributed by atoms with van der Waals surface area (Å²) in [5, 5.41) is 0. The Kier molecular flexibility index (Phi) is 9.11. The van der Waals surface area contributed by atoms with Crippen LogP contribution in [0.5, 0.6) is 5.75 Å². The molecule has 0 bridgehead atoms. The first kappa shape index (κ1) is 26.2. The molecule has 2 nitrogen and oxygen atoms in total. The van der Waals surface area contributed by atoms with E-state index in [1.807, 2.05) is 31.2 Å². The molecule has 7 heteroatoms. The van der Waals surface area contributed by atoms with Crippen molar-refractivity contribution in [3.05, 3.63) is 77.4 Å². The summed E-state index contributed by atoms with van der Waals surface area (Å²) in [4.78, 5) is 0. The summed E-state index contributed by atoms with van der Waals surface area (Å²) >= 11 is 0. The summed E-state index contributed by atoms with van der Waals surface area (Å²) in [7, 11) is 0. The van der Waals surface area contributed by atoms with E-state index in [9.17, 15) is 22.0 Å². The maximum absolute atomic E-state index is 14.2. The van der Waals surface area contributed by atoms with Crippen molar-refractivity contribution in [1.82, 2.24) is 0 Å². The molecule has 2 aromatic rings. The highest BCUT2D eigenvalue weighted by molar-refractivity contribution is 5.28. The number of hydrogen-bond donors (Lipinski definition) is 0. The third kappa shape index (κ3) is 8.75. The van der Waals surface area contributed by atoms with Gasteiger partial charge in [-0.1, -0.05) is 48.6 Å². The smallest absolute Gasteiger partial charge is 0.406 e. The Hall–Kier alpha value is -2.41. The van der Waals surface area contributed by atoms with Crippen LogP contribution in [0.2, 0.25) is 0 Å². The van der Waals surface area contributed by atoms with E-state index in [1.54, 1.807) is 0 Å². The zero-order valence-corrected chi connectivity index (χ0v) is 19.3. The molecular formula is C27H31F5O2. The Morgan fingerprint density at radius 1 is 0.853 bits per heavy atom. The molecule has 3 rings (SSSR count). The first-order chi connectivity index (χ1) is 16.1. The van der Waals surface area contributed by atoms with Crippen LogP contribution in [0.15, 0.2) is 60.7 Å². The minimum atomic E-state index is -4.82. The fraction of sp³-hybridized carbons (Fsp3) is 0.481. The Bertz CT molecular complexity index is 896. The molecule has 0 saturated heterocycles. The van der Waals surface area contributed by atoms with E-state index in [4.69, 9.17) is 4.74 Å². The third-order valence-corrected chi connectivity index (χ3v) is 6.29. The van der Waals surface area contributed by atoms with E-state index in [2.05, 4.69) is 16.9 Å². The Labute approximate surface area is 197 Å². The molecule has 34 heavy (non-hydrogen) atoms. The fourth-order valence-corrected chi connectivity index (χ4v) is 4.46. The lowest BCUT2D eigenvalue weighted by Crippen LogP contribution is -2.24. The number of benzene rings is 2. The monoisotopic (exact) mass is 482 g/mol. The minimum absolute atomic E-state index is 0.149. The van der Waals surface area contributed by atoms with Gasteiger partial charge in [-0.2, -0.15) is 8.78 Å². The van der Waals surface area contributed by atoms with Crippen LogP contribution < -0.4 is 4.74 Å². The van der Waals surface area contributed by atoms with Crippen LogP contribution in [-0.4, -0.2) is 12.5 Å². The van der Waals surface area contributed by atoms with Gasteiger partial charge in [-0.25, -0.2) is 0 Å². The summed E-state index contributed by atoms with van der Waals surface area (Å²) in [6, 6.07) is 12.0. The van der Waals surface area contributed by atoms with Crippen molar-refractivity contribution in [3.8, 4) is 5.75 Å². The van der Waals surface area contributed by atoms with Crippen LogP contribution in [0.1, 0.15) is 68.1 Å². The summed E-state index contributed by atoms with van der Waals surface area (Å²) in [6.45, 7) is 1.80. The van der Waals surface area contributed by atoms with Gasteiger partial charge < -0.3 is 9.47 Å². The van der Waals surface area contributed by atoms with Crippen molar-refractivity contribution in [2.75, 3.05) is 0 Å². The first-order valence-corrected chi connectivity index (χ1v) is 11.7. The number of ether oxygens (including phenoxy) is 2. The molecule has 0 spiro atoms. The molecule has 0 radical (unpaired) electrons. The van der Waals surface area contributed by atoms with E-state index < -0.39 is 24.6 Å². The van der Waals surface area contributed by atoms with Crippen LogP contribution in [-0.2, 0) is 17.8 Å². The highest BCUT2D eigenvalue weighted by Gasteiger charge is 2.32. The molecule has 0 atom stereocenters. The zero-order valence-electron chi connectivity index (χ0n) is 19.3. The van der Waals surface area contributed by atoms with Crippen LogP contribution >= 0.6 is 0 Å². The lowest BCUT2D eigenvalue weighted by molar-refractivity contribution is -0.274. The van der Waals surface area contributed by atoms with Gasteiger partial charge in [-0.3, -0.25) is 0 Å². The molecule has 0 aliphatic heterocycles. The predicted octanol–water partition coefficient (Wildman–Crippen LogP) is 8.57. The first-order valence-electron chi connectivity index (χ1n) is 11.7. The van der Waals surface area contributed by atoms with E-state index in [0.29, 0.717) is 11.5 Å². The predicted molar refractivity (Wildman–Crippen MR) is 122 cm³/mol. The lowest BCUT2D eigenvalue weighted by atomic mass is 9.77. The number of allylic oxidation sites excluding steroid dienone is 2. The Morgan fingerprint density at radius 2 is 1.47 bits per heavy atom. The van der Waals surface area contributed by atoms with Crippen molar-refractivity contribution in [1.29, 1.82) is 0 Å². The van der Waals surface area contributed by atoms with Gasteiger partial charge in [0.05, 0.1) is 13.0 Å². The van der Waals surface area contributed by atoms with E-state index in [0.717, 1.165) is 37.3 Å². The van der Waals surface area contributed by atoms with Crippen molar-refractivity contribution in [2.45, 2.75) is 76.9 Å². The summed E-state index contributed by atoms with van der Waals surface area (Å²) < 4.78 is 73.7. The molecule has 1 saturated carbocycles. The second-order valence-electron chi connectivity index (χ2n) is 8.90. The SMILES string of the molecule is C/C=C/CCC1CCC(c2ccc(COC(F)(F)Cc3ccc(OC(F)(F)F)cc3)cc2)CC1. The summed E-state index contributed by atoms with van der Waals surface area (Å²) in [5.74, 6) is 0.845. The molecule has 0 aromatic heterocycles. The molecule has 0 unspecified atom stereocenters. The van der Waals surface area contributed by atoms with Crippen LogP contribution in [0.3, 0.4) is 0 Å². The Morgan fingerprint density at radius 3 is 2.06 bits per heavy atom. The number of halogens is 5. The second kappa shape index (κ2) is 11.8. The maximum Gasteiger partial charge on any atom is 0.573 e. The van der Waals surface area contributed by atoms with Crippen molar-refractivity contribution in [3.63, 3.8) is 0 Å². The van der Waals surface area contributed by atoms with Gasteiger partial charge in [0, 0.05) is 0 Å². The molecule has 186 valence electrons. The van der Waals surface area contributed by atoms with Gasteiger partial charge in [-0.05, 0) is 86.1 Å². The average Bonchev–Trinajstić information content (AvgIpc) is 2.79.